The van der Waals surface area contributed by atoms with E-state index in [2.05, 4.69) is 19.2 Å². The Bertz CT molecular complexity index is 169. The fraction of sp³-hybridized carbons (Fsp3) is 1.00. The van der Waals surface area contributed by atoms with Gasteiger partial charge in [-0.05, 0) is 25.3 Å². The van der Waals surface area contributed by atoms with Crippen LogP contribution in [0.25, 0.3) is 0 Å². The molecule has 96 valence electrons. The van der Waals surface area contributed by atoms with E-state index in [9.17, 15) is 5.11 Å². The lowest BCUT2D eigenvalue weighted by molar-refractivity contribution is 0.194. The summed E-state index contributed by atoms with van der Waals surface area (Å²) >= 11 is 1.97. The number of aliphatic hydroxyl groups excluding tert-OH is 1. The average molecular weight is 245 g/mol. The van der Waals surface area contributed by atoms with Gasteiger partial charge in [-0.3, -0.25) is 0 Å². The first-order valence-electron chi connectivity index (χ1n) is 6.69. The number of nitrogens with one attached hydrogen (secondary N) is 1. The normalized spacial score (nSPS) is 20.2. The number of aliphatic hydroxyl groups is 1. The van der Waals surface area contributed by atoms with Crippen LogP contribution >= 0.6 is 11.8 Å². The summed E-state index contributed by atoms with van der Waals surface area (Å²) in [5.74, 6) is 1.56. The summed E-state index contributed by atoms with van der Waals surface area (Å²) in [6.07, 6.45) is 6.73. The molecule has 1 fully saturated rings. The summed E-state index contributed by atoms with van der Waals surface area (Å²) in [7, 11) is 0. The topological polar surface area (TPSA) is 32.3 Å². The van der Waals surface area contributed by atoms with Crippen LogP contribution in [-0.2, 0) is 0 Å². The highest BCUT2D eigenvalue weighted by Crippen LogP contribution is 2.28. The standard InChI is InChI=1S/C13H27NOS/c1-11(2)8-14-9-12(15)10-16-13-6-4-3-5-7-13/h11-15H,3-10H2,1-2H3. The van der Waals surface area contributed by atoms with E-state index in [1.54, 1.807) is 0 Å². The van der Waals surface area contributed by atoms with Gasteiger partial charge in [0, 0.05) is 17.5 Å². The highest BCUT2D eigenvalue weighted by atomic mass is 32.2. The quantitative estimate of drug-likeness (QED) is 0.723. The fourth-order valence-electron chi connectivity index (χ4n) is 2.08. The lowest BCUT2D eigenvalue weighted by atomic mass is 10.0. The lowest BCUT2D eigenvalue weighted by Gasteiger charge is -2.22. The van der Waals surface area contributed by atoms with Crippen LogP contribution in [0.2, 0.25) is 0 Å². The van der Waals surface area contributed by atoms with E-state index in [-0.39, 0.29) is 6.10 Å². The number of hydrogen-bond acceptors (Lipinski definition) is 3. The van der Waals surface area contributed by atoms with E-state index in [1.165, 1.54) is 32.1 Å². The SMILES string of the molecule is CC(C)CNCC(O)CSC1CCCCC1. The third-order valence-corrected chi connectivity index (χ3v) is 4.53. The van der Waals surface area contributed by atoms with Gasteiger partial charge in [0.2, 0.25) is 0 Å². The maximum absolute atomic E-state index is 9.81. The van der Waals surface area contributed by atoms with Crippen molar-refractivity contribution in [2.75, 3.05) is 18.8 Å². The van der Waals surface area contributed by atoms with Crippen molar-refractivity contribution in [2.45, 2.75) is 57.3 Å². The Morgan fingerprint density at radius 2 is 1.88 bits per heavy atom. The first-order valence-corrected chi connectivity index (χ1v) is 7.73. The molecule has 1 unspecified atom stereocenters. The molecule has 1 saturated carbocycles. The number of rotatable bonds is 7. The predicted molar refractivity (Wildman–Crippen MR) is 73.0 cm³/mol. The first kappa shape index (κ1) is 14.3. The highest BCUT2D eigenvalue weighted by Gasteiger charge is 2.15. The van der Waals surface area contributed by atoms with Crippen LogP contribution in [0.4, 0.5) is 0 Å². The van der Waals surface area contributed by atoms with Crippen molar-refractivity contribution in [3.8, 4) is 0 Å². The zero-order chi connectivity index (χ0) is 11.8. The summed E-state index contributed by atoms with van der Waals surface area (Å²) in [4.78, 5) is 0. The summed E-state index contributed by atoms with van der Waals surface area (Å²) in [6, 6.07) is 0. The van der Waals surface area contributed by atoms with Gasteiger partial charge in [-0.1, -0.05) is 33.1 Å². The Labute approximate surface area is 105 Å². The van der Waals surface area contributed by atoms with Crippen LogP contribution in [0.5, 0.6) is 0 Å². The molecule has 0 aliphatic heterocycles. The largest absolute Gasteiger partial charge is 0.391 e. The molecule has 0 aromatic carbocycles. The van der Waals surface area contributed by atoms with E-state index in [0.717, 1.165) is 24.1 Å². The van der Waals surface area contributed by atoms with Crippen LogP contribution in [0.3, 0.4) is 0 Å². The van der Waals surface area contributed by atoms with Gasteiger partial charge in [0.1, 0.15) is 0 Å². The third-order valence-electron chi connectivity index (χ3n) is 3.01. The van der Waals surface area contributed by atoms with Crippen molar-refractivity contribution in [2.24, 2.45) is 5.92 Å². The smallest absolute Gasteiger partial charge is 0.0754 e. The zero-order valence-corrected chi connectivity index (χ0v) is 11.6. The van der Waals surface area contributed by atoms with E-state index in [0.29, 0.717) is 5.92 Å². The Kier molecular flexibility index (Phi) is 7.50. The van der Waals surface area contributed by atoms with Crippen LogP contribution in [0.15, 0.2) is 0 Å². The van der Waals surface area contributed by atoms with Crippen molar-refractivity contribution in [3.05, 3.63) is 0 Å². The molecule has 1 aliphatic rings. The molecule has 0 aromatic heterocycles. The molecule has 0 amide bonds. The maximum Gasteiger partial charge on any atom is 0.0754 e. The molecule has 0 heterocycles. The van der Waals surface area contributed by atoms with Crippen LogP contribution in [0.1, 0.15) is 46.0 Å². The molecule has 16 heavy (non-hydrogen) atoms. The van der Waals surface area contributed by atoms with Crippen molar-refractivity contribution in [1.82, 2.24) is 5.32 Å². The molecule has 1 aliphatic carbocycles. The van der Waals surface area contributed by atoms with Gasteiger partial charge in [-0.15, -0.1) is 0 Å². The molecule has 0 saturated heterocycles. The van der Waals surface area contributed by atoms with E-state index in [1.807, 2.05) is 11.8 Å². The minimum atomic E-state index is -0.175. The Morgan fingerprint density at radius 3 is 2.50 bits per heavy atom. The molecular formula is C13H27NOS. The van der Waals surface area contributed by atoms with Crippen molar-refractivity contribution >= 4 is 11.8 Å². The van der Waals surface area contributed by atoms with Crippen LogP contribution in [0, 0.1) is 5.92 Å². The molecule has 3 heteroatoms. The van der Waals surface area contributed by atoms with E-state index < -0.39 is 0 Å². The minimum absolute atomic E-state index is 0.175. The monoisotopic (exact) mass is 245 g/mol. The molecular weight excluding hydrogens is 218 g/mol. The van der Waals surface area contributed by atoms with Gasteiger partial charge in [0.15, 0.2) is 0 Å². The third kappa shape index (κ3) is 6.77. The van der Waals surface area contributed by atoms with Gasteiger partial charge in [0.05, 0.1) is 6.10 Å². The molecule has 0 spiro atoms. The zero-order valence-electron chi connectivity index (χ0n) is 10.7. The molecule has 2 nitrogen and oxygen atoms in total. The molecule has 1 atom stereocenters. The molecule has 1 rings (SSSR count). The molecule has 0 aromatic rings. The Hall–Kier alpha value is 0.270. The van der Waals surface area contributed by atoms with Gasteiger partial charge >= 0.3 is 0 Å². The number of thioether (sulfide) groups is 1. The Balaban J connectivity index is 1.98. The lowest BCUT2D eigenvalue weighted by Crippen LogP contribution is -2.31. The summed E-state index contributed by atoms with van der Waals surface area (Å²) in [5, 5.41) is 13.9. The maximum atomic E-state index is 9.81. The first-order chi connectivity index (χ1) is 7.68. The second kappa shape index (κ2) is 8.37. The summed E-state index contributed by atoms with van der Waals surface area (Å²) in [6.45, 7) is 6.13. The van der Waals surface area contributed by atoms with Gasteiger partial charge in [-0.2, -0.15) is 11.8 Å². The average Bonchev–Trinajstić information content (AvgIpc) is 2.27. The van der Waals surface area contributed by atoms with Crippen molar-refractivity contribution < 1.29 is 5.11 Å². The van der Waals surface area contributed by atoms with Crippen molar-refractivity contribution in [3.63, 3.8) is 0 Å². The van der Waals surface area contributed by atoms with Gasteiger partial charge in [0.25, 0.3) is 0 Å². The number of hydrogen-bond donors (Lipinski definition) is 2. The fourth-order valence-corrected chi connectivity index (χ4v) is 3.36. The molecule has 0 bridgehead atoms. The summed E-state index contributed by atoms with van der Waals surface area (Å²) in [5.41, 5.74) is 0. The Morgan fingerprint density at radius 1 is 1.19 bits per heavy atom. The van der Waals surface area contributed by atoms with Crippen LogP contribution < -0.4 is 5.32 Å². The van der Waals surface area contributed by atoms with E-state index >= 15 is 0 Å². The van der Waals surface area contributed by atoms with Crippen LogP contribution in [-0.4, -0.2) is 35.3 Å². The molecule has 2 N–H and O–H groups in total. The summed E-state index contributed by atoms with van der Waals surface area (Å²) < 4.78 is 0. The second-order valence-electron chi connectivity index (χ2n) is 5.30. The van der Waals surface area contributed by atoms with Gasteiger partial charge < -0.3 is 10.4 Å². The van der Waals surface area contributed by atoms with Crippen molar-refractivity contribution in [1.29, 1.82) is 0 Å². The van der Waals surface area contributed by atoms with Gasteiger partial charge in [-0.25, -0.2) is 0 Å². The second-order valence-corrected chi connectivity index (χ2v) is 6.63. The highest BCUT2D eigenvalue weighted by molar-refractivity contribution is 7.99. The predicted octanol–water partition coefficient (Wildman–Crippen LogP) is 2.66. The molecule has 0 radical (unpaired) electrons. The minimum Gasteiger partial charge on any atom is -0.391 e. The van der Waals surface area contributed by atoms with E-state index in [4.69, 9.17) is 0 Å².